The fourth-order valence-electron chi connectivity index (χ4n) is 2.55. The van der Waals surface area contributed by atoms with Crippen molar-refractivity contribution in [2.45, 2.75) is 63.6 Å². The molecule has 1 aromatic rings. The van der Waals surface area contributed by atoms with Gasteiger partial charge in [-0.25, -0.2) is 13.1 Å². The first-order chi connectivity index (χ1) is 9.54. The normalized spacial score (nSPS) is 17.8. The molecule has 0 spiro atoms. The van der Waals surface area contributed by atoms with Gasteiger partial charge in [-0.15, -0.1) is 0 Å². The van der Waals surface area contributed by atoms with Crippen molar-refractivity contribution in [2.24, 2.45) is 0 Å². The molecule has 0 saturated heterocycles. The zero-order valence-electron chi connectivity index (χ0n) is 12.2. The number of hydrogen-bond acceptors (Lipinski definition) is 3. The summed E-state index contributed by atoms with van der Waals surface area (Å²) < 4.78 is 29.2. The van der Waals surface area contributed by atoms with Crippen LogP contribution in [0.2, 0.25) is 0 Å². The van der Waals surface area contributed by atoms with Crippen LogP contribution < -0.4 is 4.72 Å². The highest BCUT2D eigenvalue weighted by Crippen LogP contribution is 2.21. The lowest BCUT2D eigenvalue weighted by Gasteiger charge is -2.21. The van der Waals surface area contributed by atoms with Crippen molar-refractivity contribution in [1.29, 1.82) is 0 Å². The zero-order valence-corrected chi connectivity index (χ0v) is 13.0. The molecule has 6 heteroatoms. The minimum absolute atomic E-state index is 0.148. The van der Waals surface area contributed by atoms with Gasteiger partial charge in [-0.3, -0.25) is 4.68 Å². The van der Waals surface area contributed by atoms with Gasteiger partial charge in [0.25, 0.3) is 10.0 Å². The lowest BCUT2D eigenvalue weighted by molar-refractivity contribution is 0.517. The summed E-state index contributed by atoms with van der Waals surface area (Å²) in [5, 5.41) is 4.33. The van der Waals surface area contributed by atoms with Crippen LogP contribution in [0.4, 0.5) is 0 Å². The summed E-state index contributed by atoms with van der Waals surface area (Å²) in [6, 6.07) is 1.41. The molecular weight excluding hydrogens is 274 g/mol. The van der Waals surface area contributed by atoms with E-state index in [9.17, 15) is 8.42 Å². The molecule has 0 bridgehead atoms. The molecule has 1 aromatic heterocycles. The fourth-order valence-corrected chi connectivity index (χ4v) is 3.95. The highest BCUT2D eigenvalue weighted by Gasteiger charge is 2.23. The number of aryl methyl sites for hydroxylation is 1. The predicted octanol–water partition coefficient (Wildman–Crippen LogP) is 2.46. The summed E-state index contributed by atoms with van der Waals surface area (Å²) in [5.74, 6) is 0. The lowest BCUT2D eigenvalue weighted by atomic mass is 9.95. The molecule has 1 unspecified atom stereocenters. The fraction of sp³-hybridized carbons (Fsp3) is 0.643. The Labute approximate surface area is 121 Å². The van der Waals surface area contributed by atoms with Gasteiger partial charge in [-0.1, -0.05) is 18.6 Å². The van der Waals surface area contributed by atoms with Crippen molar-refractivity contribution < 1.29 is 8.42 Å². The first-order valence-electron chi connectivity index (χ1n) is 7.27. The van der Waals surface area contributed by atoms with Gasteiger partial charge in [-0.2, -0.15) is 5.10 Å². The van der Waals surface area contributed by atoms with Crippen molar-refractivity contribution in [3.05, 3.63) is 23.9 Å². The maximum Gasteiger partial charge on any atom is 0.258 e. The summed E-state index contributed by atoms with van der Waals surface area (Å²) in [4.78, 5) is 0. The summed E-state index contributed by atoms with van der Waals surface area (Å²) in [7, 11) is -3.51. The molecule has 112 valence electrons. The molecule has 1 aliphatic rings. The van der Waals surface area contributed by atoms with E-state index in [2.05, 4.69) is 15.9 Å². The van der Waals surface area contributed by atoms with Crippen LogP contribution in [-0.2, 0) is 16.6 Å². The third-order valence-corrected chi connectivity index (χ3v) is 5.16. The summed E-state index contributed by atoms with van der Waals surface area (Å²) in [6.07, 6.45) is 8.94. The molecule has 0 radical (unpaired) electrons. The number of allylic oxidation sites excluding steroid dienone is 1. The molecule has 0 aliphatic heterocycles. The van der Waals surface area contributed by atoms with Crippen molar-refractivity contribution in [3.8, 4) is 0 Å². The monoisotopic (exact) mass is 297 g/mol. The van der Waals surface area contributed by atoms with Gasteiger partial charge in [0, 0.05) is 12.6 Å². The smallest absolute Gasteiger partial charge is 0.253 e. The van der Waals surface area contributed by atoms with Gasteiger partial charge in [0.2, 0.25) is 0 Å². The Kier molecular flexibility index (Phi) is 4.99. The number of hydrogen-bond donors (Lipinski definition) is 1. The average molecular weight is 297 g/mol. The molecule has 20 heavy (non-hydrogen) atoms. The predicted molar refractivity (Wildman–Crippen MR) is 78.9 cm³/mol. The molecule has 1 atom stereocenters. The first kappa shape index (κ1) is 15.3. The van der Waals surface area contributed by atoms with E-state index in [1.54, 1.807) is 10.7 Å². The van der Waals surface area contributed by atoms with Gasteiger partial charge in [0.1, 0.15) is 0 Å². The molecule has 0 fully saturated rings. The third kappa shape index (κ3) is 3.49. The Morgan fingerprint density at radius 1 is 1.45 bits per heavy atom. The van der Waals surface area contributed by atoms with E-state index in [4.69, 9.17) is 0 Å². The van der Waals surface area contributed by atoms with E-state index in [1.807, 2.05) is 13.8 Å². The average Bonchev–Trinajstić information content (AvgIpc) is 2.89. The van der Waals surface area contributed by atoms with Crippen LogP contribution in [0.25, 0.3) is 0 Å². The van der Waals surface area contributed by atoms with Crippen LogP contribution >= 0.6 is 0 Å². The molecule has 0 saturated carbocycles. The topological polar surface area (TPSA) is 64.0 Å². The lowest BCUT2D eigenvalue weighted by Crippen LogP contribution is -2.35. The van der Waals surface area contributed by atoms with Crippen LogP contribution in [0.1, 0.15) is 46.0 Å². The Bertz CT molecular complexity index is 575. The van der Waals surface area contributed by atoms with Crippen LogP contribution in [0.5, 0.6) is 0 Å². The largest absolute Gasteiger partial charge is 0.258 e. The quantitative estimate of drug-likeness (QED) is 0.820. The minimum Gasteiger partial charge on any atom is -0.253 e. The van der Waals surface area contributed by atoms with Crippen LogP contribution in [-0.4, -0.2) is 24.2 Å². The SMILES string of the molecule is CCCn1nccc1S(=O)(=O)NC(C)C1=CCCCC1. The second kappa shape index (κ2) is 6.54. The number of sulfonamides is 1. The second-order valence-corrected chi connectivity index (χ2v) is 6.92. The highest BCUT2D eigenvalue weighted by atomic mass is 32.2. The number of nitrogens with zero attached hydrogens (tertiary/aromatic N) is 2. The molecular formula is C14H23N3O2S. The Morgan fingerprint density at radius 2 is 2.25 bits per heavy atom. The van der Waals surface area contributed by atoms with Crippen LogP contribution in [0.3, 0.4) is 0 Å². The Balaban J connectivity index is 2.14. The molecule has 0 aromatic carbocycles. The number of aromatic nitrogens is 2. The van der Waals surface area contributed by atoms with Crippen LogP contribution in [0.15, 0.2) is 28.9 Å². The number of rotatable bonds is 6. The molecule has 5 nitrogen and oxygen atoms in total. The third-order valence-electron chi connectivity index (χ3n) is 3.60. The summed E-state index contributed by atoms with van der Waals surface area (Å²) >= 11 is 0. The van der Waals surface area contributed by atoms with Crippen molar-refractivity contribution in [2.75, 3.05) is 0 Å². The van der Waals surface area contributed by atoms with E-state index >= 15 is 0 Å². The van der Waals surface area contributed by atoms with Gasteiger partial charge in [0.05, 0.1) is 6.20 Å². The standard InChI is InChI=1S/C14H23N3O2S/c1-3-11-17-14(9-10-15-17)20(18,19)16-12(2)13-7-5-4-6-8-13/h7,9-10,12,16H,3-6,8,11H2,1-2H3. The Hall–Kier alpha value is -1.14. The highest BCUT2D eigenvalue weighted by molar-refractivity contribution is 7.89. The molecule has 1 heterocycles. The number of nitrogens with one attached hydrogen (secondary N) is 1. The minimum atomic E-state index is -3.51. The van der Waals surface area contributed by atoms with Gasteiger partial charge in [0.15, 0.2) is 5.03 Å². The Morgan fingerprint density at radius 3 is 2.90 bits per heavy atom. The van der Waals surface area contributed by atoms with E-state index in [0.29, 0.717) is 6.54 Å². The molecule has 1 aliphatic carbocycles. The first-order valence-corrected chi connectivity index (χ1v) is 8.76. The molecule has 1 N–H and O–H groups in total. The van der Waals surface area contributed by atoms with Crippen LogP contribution in [0, 0.1) is 0 Å². The summed E-state index contributed by atoms with van der Waals surface area (Å²) in [6.45, 7) is 4.52. The maximum absolute atomic E-state index is 12.4. The second-order valence-electron chi connectivity index (χ2n) is 5.26. The van der Waals surface area contributed by atoms with Gasteiger partial charge >= 0.3 is 0 Å². The zero-order chi connectivity index (χ0) is 14.6. The van der Waals surface area contributed by atoms with Crippen molar-refractivity contribution >= 4 is 10.0 Å². The van der Waals surface area contributed by atoms with Crippen molar-refractivity contribution in [3.63, 3.8) is 0 Å². The molecule has 0 amide bonds. The maximum atomic E-state index is 12.4. The van der Waals surface area contributed by atoms with Crippen molar-refractivity contribution in [1.82, 2.24) is 14.5 Å². The van der Waals surface area contributed by atoms with E-state index in [0.717, 1.165) is 25.7 Å². The summed E-state index contributed by atoms with van der Waals surface area (Å²) in [5.41, 5.74) is 1.20. The molecule has 2 rings (SSSR count). The van der Waals surface area contributed by atoms with E-state index in [-0.39, 0.29) is 11.1 Å². The van der Waals surface area contributed by atoms with Gasteiger partial charge < -0.3 is 0 Å². The van der Waals surface area contributed by atoms with E-state index < -0.39 is 10.0 Å². The van der Waals surface area contributed by atoms with E-state index in [1.165, 1.54) is 18.2 Å². The van der Waals surface area contributed by atoms with Gasteiger partial charge in [-0.05, 0) is 45.1 Å².